The number of hydrogen-bond acceptors (Lipinski definition) is 4. The molecule has 0 unspecified atom stereocenters. The first-order chi connectivity index (χ1) is 14.0. The number of aromatic nitrogens is 2. The Balaban J connectivity index is 1.61. The van der Waals surface area contributed by atoms with Crippen molar-refractivity contribution in [2.45, 2.75) is 32.9 Å². The maximum Gasteiger partial charge on any atom is 0.129 e. The van der Waals surface area contributed by atoms with E-state index in [2.05, 4.69) is 67.2 Å². The van der Waals surface area contributed by atoms with Crippen LogP contribution in [0.3, 0.4) is 0 Å². The van der Waals surface area contributed by atoms with Gasteiger partial charge in [0.1, 0.15) is 5.82 Å². The fourth-order valence-corrected chi connectivity index (χ4v) is 3.94. The summed E-state index contributed by atoms with van der Waals surface area (Å²) < 4.78 is 0. The lowest BCUT2D eigenvalue weighted by molar-refractivity contribution is 0.243. The van der Waals surface area contributed by atoms with Gasteiger partial charge in [0.2, 0.25) is 0 Å². The third-order valence-corrected chi connectivity index (χ3v) is 5.73. The van der Waals surface area contributed by atoms with Gasteiger partial charge in [-0.2, -0.15) is 0 Å². The minimum atomic E-state index is 0.746. The molecule has 4 nitrogen and oxygen atoms in total. The minimum absolute atomic E-state index is 0.746. The quantitative estimate of drug-likeness (QED) is 0.597. The summed E-state index contributed by atoms with van der Waals surface area (Å²) in [6, 6.07) is 16.8. The predicted molar refractivity (Wildman–Crippen MR) is 120 cm³/mol. The van der Waals surface area contributed by atoms with Crippen LogP contribution in [0.4, 0.5) is 5.69 Å². The molecule has 2 heterocycles. The molecule has 1 aliphatic heterocycles. The zero-order valence-electron chi connectivity index (χ0n) is 17.3. The van der Waals surface area contributed by atoms with E-state index in [4.69, 9.17) is 21.6 Å². The molecule has 0 fully saturated rings. The lowest BCUT2D eigenvalue weighted by Gasteiger charge is -2.30. The van der Waals surface area contributed by atoms with E-state index in [0.717, 1.165) is 54.6 Å². The van der Waals surface area contributed by atoms with E-state index in [9.17, 15) is 0 Å². The van der Waals surface area contributed by atoms with Gasteiger partial charge in [0.05, 0.1) is 11.4 Å². The van der Waals surface area contributed by atoms with Crippen molar-refractivity contribution in [3.05, 3.63) is 76.2 Å². The average Bonchev–Trinajstić information content (AvgIpc) is 2.74. The molecule has 29 heavy (non-hydrogen) atoms. The molecule has 0 radical (unpaired) electrons. The summed E-state index contributed by atoms with van der Waals surface area (Å²) in [6.07, 6.45) is 1.80. The van der Waals surface area contributed by atoms with E-state index in [1.54, 1.807) is 0 Å². The van der Waals surface area contributed by atoms with E-state index in [0.29, 0.717) is 0 Å². The van der Waals surface area contributed by atoms with Gasteiger partial charge in [-0.15, -0.1) is 0 Å². The Morgan fingerprint density at radius 1 is 1.00 bits per heavy atom. The molecule has 1 aromatic heterocycles. The number of halogens is 1. The molecule has 0 atom stereocenters. The van der Waals surface area contributed by atoms with Crippen LogP contribution in [0.15, 0.2) is 48.5 Å². The molecule has 1 aliphatic rings. The molecular weight excluding hydrogens is 380 g/mol. The average molecular weight is 407 g/mol. The summed E-state index contributed by atoms with van der Waals surface area (Å²) in [5, 5.41) is 0.746. The van der Waals surface area contributed by atoms with Crippen LogP contribution in [0.2, 0.25) is 5.02 Å². The zero-order valence-corrected chi connectivity index (χ0v) is 18.1. The Hall–Kier alpha value is -2.43. The van der Waals surface area contributed by atoms with Gasteiger partial charge in [0.25, 0.3) is 0 Å². The second-order valence-corrected chi connectivity index (χ2v) is 8.23. The van der Waals surface area contributed by atoms with Crippen molar-refractivity contribution in [1.82, 2.24) is 14.9 Å². The van der Waals surface area contributed by atoms with E-state index in [1.165, 1.54) is 22.5 Å². The highest BCUT2D eigenvalue weighted by Crippen LogP contribution is 2.30. The maximum absolute atomic E-state index is 6.10. The van der Waals surface area contributed by atoms with Crippen LogP contribution in [-0.2, 0) is 25.9 Å². The lowest BCUT2D eigenvalue weighted by Crippen LogP contribution is -2.31. The van der Waals surface area contributed by atoms with Crippen LogP contribution >= 0.6 is 11.6 Å². The van der Waals surface area contributed by atoms with Crippen molar-refractivity contribution in [2.75, 3.05) is 25.5 Å². The first-order valence-electron chi connectivity index (χ1n) is 10.2. The van der Waals surface area contributed by atoms with Crippen LogP contribution in [0, 0.1) is 0 Å². The van der Waals surface area contributed by atoms with Crippen LogP contribution in [0.1, 0.15) is 29.6 Å². The second-order valence-electron chi connectivity index (χ2n) is 7.80. The minimum Gasteiger partial charge on any atom is -0.378 e. The van der Waals surface area contributed by atoms with Crippen LogP contribution in [-0.4, -0.2) is 35.5 Å². The van der Waals surface area contributed by atoms with Crippen molar-refractivity contribution in [3.63, 3.8) is 0 Å². The summed E-state index contributed by atoms with van der Waals surface area (Å²) in [5.41, 5.74) is 7.17. The number of aryl methyl sites for hydroxylation is 1. The Morgan fingerprint density at radius 3 is 2.38 bits per heavy atom. The number of nitrogens with zero attached hydrogens (tertiary/aromatic N) is 4. The molecule has 0 bridgehead atoms. The van der Waals surface area contributed by atoms with E-state index in [1.807, 2.05) is 12.1 Å². The highest BCUT2D eigenvalue weighted by molar-refractivity contribution is 6.30. The molecule has 3 aromatic rings. The first kappa shape index (κ1) is 19.9. The molecule has 2 aromatic carbocycles. The molecule has 4 rings (SSSR count). The van der Waals surface area contributed by atoms with Crippen LogP contribution in [0.25, 0.3) is 11.3 Å². The third kappa shape index (κ3) is 4.44. The van der Waals surface area contributed by atoms with Crippen molar-refractivity contribution >= 4 is 17.3 Å². The lowest BCUT2D eigenvalue weighted by atomic mass is 9.98. The Labute approximate surface area is 178 Å². The van der Waals surface area contributed by atoms with Crippen LogP contribution in [0.5, 0.6) is 0 Å². The summed E-state index contributed by atoms with van der Waals surface area (Å²) in [7, 11) is 4.14. The van der Waals surface area contributed by atoms with Crippen LogP contribution < -0.4 is 4.90 Å². The zero-order chi connectivity index (χ0) is 20.4. The summed E-state index contributed by atoms with van der Waals surface area (Å²) in [5.74, 6) is 0.918. The SMILES string of the molecule is CCc1nc2c(c(-c3ccc(Cl)cc3)n1)CN(Cc1ccc(N(C)C)cc1)CC2. The molecule has 5 heteroatoms. The molecule has 0 amide bonds. The van der Waals surface area contributed by atoms with E-state index in [-0.39, 0.29) is 0 Å². The topological polar surface area (TPSA) is 32.3 Å². The molecule has 0 aliphatic carbocycles. The van der Waals surface area contributed by atoms with Crippen molar-refractivity contribution in [1.29, 1.82) is 0 Å². The van der Waals surface area contributed by atoms with Gasteiger partial charge >= 0.3 is 0 Å². The monoisotopic (exact) mass is 406 g/mol. The highest BCUT2D eigenvalue weighted by atomic mass is 35.5. The maximum atomic E-state index is 6.10. The number of fused-ring (bicyclic) bond motifs is 1. The summed E-state index contributed by atoms with van der Waals surface area (Å²) >= 11 is 6.10. The van der Waals surface area contributed by atoms with Gasteiger partial charge in [-0.05, 0) is 29.8 Å². The van der Waals surface area contributed by atoms with Crippen molar-refractivity contribution < 1.29 is 0 Å². The second kappa shape index (κ2) is 8.52. The fourth-order valence-electron chi connectivity index (χ4n) is 3.82. The van der Waals surface area contributed by atoms with Crippen molar-refractivity contribution in [2.24, 2.45) is 0 Å². The predicted octanol–water partition coefficient (Wildman–Crippen LogP) is 4.98. The molecule has 0 N–H and O–H groups in total. The highest BCUT2D eigenvalue weighted by Gasteiger charge is 2.23. The van der Waals surface area contributed by atoms with Crippen molar-refractivity contribution in [3.8, 4) is 11.3 Å². The first-order valence-corrected chi connectivity index (χ1v) is 10.5. The summed E-state index contributed by atoms with van der Waals surface area (Å²) in [4.78, 5) is 14.3. The summed E-state index contributed by atoms with van der Waals surface area (Å²) in [6.45, 7) is 4.93. The van der Waals surface area contributed by atoms with Gasteiger partial charge in [-0.3, -0.25) is 4.90 Å². The molecule has 0 spiro atoms. The van der Waals surface area contributed by atoms with Gasteiger partial charge in [-0.1, -0.05) is 42.8 Å². The molecule has 0 saturated carbocycles. The smallest absolute Gasteiger partial charge is 0.129 e. The molecular formula is C24H27ClN4. The largest absolute Gasteiger partial charge is 0.378 e. The third-order valence-electron chi connectivity index (χ3n) is 5.48. The molecule has 150 valence electrons. The Morgan fingerprint density at radius 2 is 1.72 bits per heavy atom. The Kier molecular flexibility index (Phi) is 5.84. The van der Waals surface area contributed by atoms with Gasteiger partial charge in [0, 0.05) is 68.4 Å². The number of rotatable bonds is 5. The molecule has 0 saturated heterocycles. The van der Waals surface area contributed by atoms with Gasteiger partial charge in [0.15, 0.2) is 0 Å². The van der Waals surface area contributed by atoms with E-state index >= 15 is 0 Å². The normalized spacial score (nSPS) is 13.9. The Bertz CT molecular complexity index is 981. The van der Waals surface area contributed by atoms with E-state index < -0.39 is 0 Å². The number of benzene rings is 2. The standard InChI is InChI=1S/C24H27ClN4/c1-4-23-26-22-13-14-29(15-17-5-11-20(12-6-17)28(2)3)16-21(22)24(27-23)18-7-9-19(25)10-8-18/h5-12H,4,13-16H2,1-3H3. The fraction of sp³-hybridized carbons (Fsp3) is 0.333. The number of hydrogen-bond donors (Lipinski definition) is 0. The van der Waals surface area contributed by atoms with Gasteiger partial charge < -0.3 is 4.90 Å². The number of anilines is 1. The van der Waals surface area contributed by atoms with Gasteiger partial charge in [-0.25, -0.2) is 9.97 Å².